The van der Waals surface area contributed by atoms with E-state index in [-0.39, 0.29) is 11.1 Å². The van der Waals surface area contributed by atoms with Crippen molar-refractivity contribution in [2.45, 2.75) is 13.3 Å². The third kappa shape index (κ3) is 4.00. The van der Waals surface area contributed by atoms with E-state index in [0.717, 1.165) is 0 Å². The number of pyridine rings is 1. The van der Waals surface area contributed by atoms with E-state index in [1.54, 1.807) is 19.1 Å². The van der Waals surface area contributed by atoms with Gasteiger partial charge in [-0.15, -0.1) is 0 Å². The van der Waals surface area contributed by atoms with E-state index >= 15 is 0 Å². The summed E-state index contributed by atoms with van der Waals surface area (Å²) in [6.45, 7) is 1.77. The molecule has 0 fully saturated rings. The van der Waals surface area contributed by atoms with Gasteiger partial charge in [-0.1, -0.05) is 18.5 Å². The maximum absolute atomic E-state index is 12.4. The van der Waals surface area contributed by atoms with E-state index in [2.05, 4.69) is 15.0 Å². The molecule has 0 saturated carbocycles. The normalized spacial score (nSPS) is 10.2. The SMILES string of the molecule is CCc1[nH]c(=O)c(C(=O)Nc2ccc(OC)c(Cl)c2)cc1C(=O)OC. The van der Waals surface area contributed by atoms with Gasteiger partial charge < -0.3 is 19.8 Å². The first-order valence-electron chi connectivity index (χ1n) is 7.40. The Morgan fingerprint density at radius 1 is 1.20 bits per heavy atom. The summed E-state index contributed by atoms with van der Waals surface area (Å²) in [5, 5.41) is 2.87. The van der Waals surface area contributed by atoms with Gasteiger partial charge in [0.1, 0.15) is 11.3 Å². The topological polar surface area (TPSA) is 97.5 Å². The van der Waals surface area contributed by atoms with E-state index in [9.17, 15) is 14.4 Å². The van der Waals surface area contributed by atoms with Crippen LogP contribution in [0.1, 0.15) is 33.3 Å². The predicted octanol–water partition coefficient (Wildman–Crippen LogP) is 2.64. The van der Waals surface area contributed by atoms with Crippen LogP contribution in [0.15, 0.2) is 29.1 Å². The quantitative estimate of drug-likeness (QED) is 0.795. The number of carbonyl (C=O) groups is 2. The molecule has 0 aliphatic heterocycles. The highest BCUT2D eigenvalue weighted by Gasteiger charge is 2.19. The molecular weight excluding hydrogens is 348 g/mol. The largest absolute Gasteiger partial charge is 0.495 e. The zero-order valence-corrected chi connectivity index (χ0v) is 14.7. The first kappa shape index (κ1) is 18.5. The number of esters is 1. The van der Waals surface area contributed by atoms with Gasteiger partial charge in [-0.05, 0) is 30.7 Å². The first-order chi connectivity index (χ1) is 11.9. The van der Waals surface area contributed by atoms with Crippen LogP contribution < -0.4 is 15.6 Å². The summed E-state index contributed by atoms with van der Waals surface area (Å²) in [5.41, 5.74) is 0.129. The third-order valence-corrected chi connectivity index (χ3v) is 3.83. The number of H-pyrrole nitrogens is 1. The number of ether oxygens (including phenoxy) is 2. The lowest BCUT2D eigenvalue weighted by molar-refractivity contribution is 0.0599. The van der Waals surface area contributed by atoms with Crippen molar-refractivity contribution in [2.24, 2.45) is 0 Å². The number of aryl methyl sites for hydroxylation is 1. The molecule has 2 rings (SSSR count). The molecule has 25 heavy (non-hydrogen) atoms. The second-order valence-electron chi connectivity index (χ2n) is 5.05. The molecule has 1 amide bonds. The lowest BCUT2D eigenvalue weighted by atomic mass is 10.1. The average molecular weight is 365 g/mol. The zero-order valence-electron chi connectivity index (χ0n) is 13.9. The lowest BCUT2D eigenvalue weighted by Gasteiger charge is -2.10. The molecule has 7 nitrogen and oxygen atoms in total. The smallest absolute Gasteiger partial charge is 0.339 e. The van der Waals surface area contributed by atoms with Gasteiger partial charge in [0.05, 0.1) is 24.8 Å². The second kappa shape index (κ2) is 7.85. The average Bonchev–Trinajstić information content (AvgIpc) is 2.60. The van der Waals surface area contributed by atoms with Gasteiger partial charge in [0.2, 0.25) is 0 Å². The maximum atomic E-state index is 12.4. The van der Waals surface area contributed by atoms with Gasteiger partial charge in [-0.25, -0.2) is 4.79 Å². The van der Waals surface area contributed by atoms with E-state index in [0.29, 0.717) is 28.6 Å². The number of aromatic amines is 1. The fourth-order valence-corrected chi connectivity index (χ4v) is 2.51. The van der Waals surface area contributed by atoms with Gasteiger partial charge in [0.15, 0.2) is 0 Å². The van der Waals surface area contributed by atoms with Gasteiger partial charge in [0.25, 0.3) is 11.5 Å². The molecule has 8 heteroatoms. The number of methoxy groups -OCH3 is 2. The van der Waals surface area contributed by atoms with Gasteiger partial charge in [0, 0.05) is 11.4 Å². The molecule has 0 spiro atoms. The van der Waals surface area contributed by atoms with Crippen LogP contribution in [0.25, 0.3) is 0 Å². The second-order valence-corrected chi connectivity index (χ2v) is 5.46. The molecule has 0 radical (unpaired) electrons. The summed E-state index contributed by atoms with van der Waals surface area (Å²) < 4.78 is 9.73. The predicted molar refractivity (Wildman–Crippen MR) is 93.7 cm³/mol. The highest BCUT2D eigenvalue weighted by Crippen LogP contribution is 2.27. The molecule has 1 aromatic heterocycles. The van der Waals surface area contributed by atoms with Gasteiger partial charge in [-0.2, -0.15) is 0 Å². The van der Waals surface area contributed by atoms with Crippen LogP contribution in [-0.2, 0) is 11.2 Å². The standard InChI is InChI=1S/C17H17ClN2O5/c1-4-13-10(17(23)25-3)8-11(16(22)20-13)15(21)19-9-5-6-14(24-2)12(18)7-9/h5-8H,4H2,1-3H3,(H,19,21)(H,20,22). The molecule has 2 N–H and O–H groups in total. The van der Waals surface area contributed by atoms with Crippen LogP contribution in [0.4, 0.5) is 5.69 Å². The van der Waals surface area contributed by atoms with Crippen molar-refractivity contribution >= 4 is 29.2 Å². The van der Waals surface area contributed by atoms with Crippen molar-refractivity contribution < 1.29 is 19.1 Å². The molecule has 0 aliphatic carbocycles. The van der Waals surface area contributed by atoms with Crippen molar-refractivity contribution in [3.05, 3.63) is 56.5 Å². The molecule has 1 heterocycles. The van der Waals surface area contributed by atoms with Crippen LogP contribution in [0.5, 0.6) is 5.75 Å². The molecule has 0 atom stereocenters. The Hall–Kier alpha value is -2.80. The fourth-order valence-electron chi connectivity index (χ4n) is 2.25. The highest BCUT2D eigenvalue weighted by atomic mass is 35.5. The number of hydrogen-bond acceptors (Lipinski definition) is 5. The van der Waals surface area contributed by atoms with Crippen molar-refractivity contribution in [3.8, 4) is 5.75 Å². The molecule has 0 unspecified atom stereocenters. The van der Waals surface area contributed by atoms with Crippen LogP contribution in [0, 0.1) is 0 Å². The fraction of sp³-hybridized carbons (Fsp3) is 0.235. The number of halogens is 1. The molecule has 0 aliphatic rings. The first-order valence-corrected chi connectivity index (χ1v) is 7.78. The van der Waals surface area contributed by atoms with Crippen LogP contribution >= 0.6 is 11.6 Å². The number of anilines is 1. The summed E-state index contributed by atoms with van der Waals surface area (Å²) in [7, 11) is 2.70. The molecule has 2 aromatic rings. The number of carbonyl (C=O) groups excluding carboxylic acids is 2. The Bertz CT molecular complexity index is 876. The number of benzene rings is 1. The molecule has 0 bridgehead atoms. The summed E-state index contributed by atoms with van der Waals surface area (Å²) >= 11 is 6.01. The summed E-state index contributed by atoms with van der Waals surface area (Å²) in [6, 6.07) is 5.89. The van der Waals surface area contributed by atoms with Crippen LogP contribution in [-0.4, -0.2) is 31.1 Å². The zero-order chi connectivity index (χ0) is 18.6. The van der Waals surface area contributed by atoms with Crippen molar-refractivity contribution in [2.75, 3.05) is 19.5 Å². The van der Waals surface area contributed by atoms with Crippen LogP contribution in [0.3, 0.4) is 0 Å². The minimum absolute atomic E-state index is 0.141. The number of aromatic nitrogens is 1. The Balaban J connectivity index is 2.37. The summed E-state index contributed by atoms with van der Waals surface area (Å²) in [6.07, 6.45) is 0.412. The van der Waals surface area contributed by atoms with Crippen molar-refractivity contribution in [1.29, 1.82) is 0 Å². The minimum atomic E-state index is -0.671. The van der Waals surface area contributed by atoms with Crippen molar-refractivity contribution in [1.82, 2.24) is 4.98 Å². The molecule has 132 valence electrons. The molecular formula is C17H17ClN2O5. The number of amides is 1. The number of nitrogens with one attached hydrogen (secondary N) is 2. The molecule has 0 saturated heterocycles. The van der Waals surface area contributed by atoms with E-state index < -0.39 is 17.4 Å². The Morgan fingerprint density at radius 3 is 2.48 bits per heavy atom. The number of hydrogen-bond donors (Lipinski definition) is 2. The van der Waals surface area contributed by atoms with Gasteiger partial charge in [-0.3, -0.25) is 9.59 Å². The number of rotatable bonds is 5. The van der Waals surface area contributed by atoms with Crippen LogP contribution in [0.2, 0.25) is 5.02 Å². The van der Waals surface area contributed by atoms with E-state index in [4.69, 9.17) is 16.3 Å². The van der Waals surface area contributed by atoms with Crippen molar-refractivity contribution in [3.63, 3.8) is 0 Å². The summed E-state index contributed by atoms with van der Waals surface area (Å²) in [4.78, 5) is 38.9. The lowest BCUT2D eigenvalue weighted by Crippen LogP contribution is -2.26. The summed E-state index contributed by atoms with van der Waals surface area (Å²) in [5.74, 6) is -0.845. The Kier molecular flexibility index (Phi) is 5.82. The Morgan fingerprint density at radius 2 is 1.92 bits per heavy atom. The van der Waals surface area contributed by atoms with E-state index in [1.807, 2.05) is 0 Å². The highest BCUT2D eigenvalue weighted by molar-refractivity contribution is 6.32. The Labute approximate surface area is 148 Å². The monoisotopic (exact) mass is 364 g/mol. The third-order valence-electron chi connectivity index (χ3n) is 3.54. The minimum Gasteiger partial charge on any atom is -0.495 e. The van der Waals surface area contributed by atoms with E-state index in [1.165, 1.54) is 26.4 Å². The molecule has 1 aromatic carbocycles. The maximum Gasteiger partial charge on any atom is 0.339 e. The van der Waals surface area contributed by atoms with Gasteiger partial charge >= 0.3 is 5.97 Å².